The molecule has 0 aromatic carbocycles. The molecule has 0 aromatic heterocycles. The van der Waals surface area contributed by atoms with Gasteiger partial charge in [-0.15, -0.1) is 0 Å². The Bertz CT molecular complexity index is 181. The van der Waals surface area contributed by atoms with Gasteiger partial charge in [0.15, 0.2) is 0 Å². The third kappa shape index (κ3) is 1.61. The van der Waals surface area contributed by atoms with E-state index in [0.29, 0.717) is 12.3 Å². The van der Waals surface area contributed by atoms with Crippen LogP contribution < -0.4 is 11.1 Å². The number of hydrogen-bond acceptors (Lipinski definition) is 2. The summed E-state index contributed by atoms with van der Waals surface area (Å²) in [4.78, 5) is 10.8. The molecule has 1 amide bonds. The molecule has 0 bridgehead atoms. The van der Waals surface area contributed by atoms with Gasteiger partial charge >= 0.3 is 0 Å². The lowest BCUT2D eigenvalue weighted by Crippen LogP contribution is -2.48. The van der Waals surface area contributed by atoms with Crippen LogP contribution in [0.2, 0.25) is 0 Å². The van der Waals surface area contributed by atoms with Crippen molar-refractivity contribution >= 4 is 5.91 Å². The zero-order valence-electron chi connectivity index (χ0n) is 7.89. The summed E-state index contributed by atoms with van der Waals surface area (Å²) < 4.78 is 0. The second kappa shape index (κ2) is 3.44. The molecule has 1 aliphatic carbocycles. The van der Waals surface area contributed by atoms with E-state index in [1.54, 1.807) is 0 Å². The van der Waals surface area contributed by atoms with Crippen molar-refractivity contribution in [3.63, 3.8) is 0 Å². The molecule has 2 atom stereocenters. The molecule has 3 nitrogen and oxygen atoms in total. The number of nitrogens with two attached hydrogens (primary N) is 1. The van der Waals surface area contributed by atoms with E-state index in [0.717, 1.165) is 6.42 Å². The van der Waals surface area contributed by atoms with E-state index in [1.807, 2.05) is 7.05 Å². The Morgan fingerprint density at radius 1 is 1.75 bits per heavy atom. The first kappa shape index (κ1) is 9.52. The highest BCUT2D eigenvalue weighted by molar-refractivity contribution is 5.75. The molecule has 3 heteroatoms. The summed E-state index contributed by atoms with van der Waals surface area (Å²) in [6.45, 7) is 2.19. The van der Waals surface area contributed by atoms with Gasteiger partial charge in [-0.1, -0.05) is 13.3 Å². The molecule has 2 unspecified atom stereocenters. The van der Waals surface area contributed by atoms with Crippen LogP contribution in [0, 0.1) is 5.92 Å². The number of rotatable bonds is 3. The minimum Gasteiger partial charge on any atom is -0.370 e. The molecule has 0 radical (unpaired) electrons. The zero-order chi connectivity index (χ0) is 9.19. The maximum atomic E-state index is 10.8. The first-order valence-corrected chi connectivity index (χ1v) is 4.58. The van der Waals surface area contributed by atoms with Gasteiger partial charge in [0, 0.05) is 12.0 Å². The highest BCUT2D eigenvalue weighted by Crippen LogP contribution is 2.37. The molecule has 0 aliphatic heterocycles. The van der Waals surface area contributed by atoms with Gasteiger partial charge in [0.05, 0.1) is 0 Å². The summed E-state index contributed by atoms with van der Waals surface area (Å²) >= 11 is 0. The summed E-state index contributed by atoms with van der Waals surface area (Å²) in [5.74, 6) is 0.369. The topological polar surface area (TPSA) is 55.1 Å². The van der Waals surface area contributed by atoms with E-state index < -0.39 is 0 Å². The van der Waals surface area contributed by atoms with Crippen LogP contribution in [-0.4, -0.2) is 18.5 Å². The van der Waals surface area contributed by atoms with Crippen LogP contribution in [0.5, 0.6) is 0 Å². The van der Waals surface area contributed by atoms with Gasteiger partial charge in [0.2, 0.25) is 5.91 Å². The van der Waals surface area contributed by atoms with Gasteiger partial charge in [-0.25, -0.2) is 0 Å². The van der Waals surface area contributed by atoms with Crippen molar-refractivity contribution in [2.75, 3.05) is 7.05 Å². The van der Waals surface area contributed by atoms with Crippen molar-refractivity contribution < 1.29 is 4.79 Å². The molecule has 0 aromatic rings. The lowest BCUT2D eigenvalue weighted by atomic mass is 9.85. The van der Waals surface area contributed by atoms with E-state index in [4.69, 9.17) is 5.73 Å². The Balaban J connectivity index is 2.67. The first-order chi connectivity index (χ1) is 5.60. The van der Waals surface area contributed by atoms with Crippen molar-refractivity contribution in [1.82, 2.24) is 5.32 Å². The zero-order valence-corrected chi connectivity index (χ0v) is 7.89. The standard InChI is InChI=1S/C9H18N2O/c1-7-4-3-5-9(7,11-2)6-8(10)12/h7,11H,3-6H2,1-2H3,(H2,10,12). The van der Waals surface area contributed by atoms with Crippen LogP contribution in [0.3, 0.4) is 0 Å². The number of amides is 1. The fraction of sp³-hybridized carbons (Fsp3) is 0.889. The molecule has 0 saturated heterocycles. The molecular formula is C9H18N2O. The quantitative estimate of drug-likeness (QED) is 0.653. The first-order valence-electron chi connectivity index (χ1n) is 4.58. The largest absolute Gasteiger partial charge is 0.370 e. The Morgan fingerprint density at radius 3 is 2.75 bits per heavy atom. The third-order valence-electron chi connectivity index (χ3n) is 3.19. The molecule has 70 valence electrons. The molecule has 1 fully saturated rings. The Labute approximate surface area is 73.7 Å². The maximum Gasteiger partial charge on any atom is 0.219 e. The minimum atomic E-state index is -0.196. The smallest absolute Gasteiger partial charge is 0.219 e. The Hall–Kier alpha value is -0.570. The predicted octanol–water partition coefficient (Wildman–Crippen LogP) is 0.640. The monoisotopic (exact) mass is 170 g/mol. The van der Waals surface area contributed by atoms with Gasteiger partial charge in [-0.3, -0.25) is 4.79 Å². The summed E-state index contributed by atoms with van der Waals surface area (Å²) in [7, 11) is 1.92. The van der Waals surface area contributed by atoms with Gasteiger partial charge < -0.3 is 11.1 Å². The van der Waals surface area contributed by atoms with E-state index in [2.05, 4.69) is 12.2 Å². The molecule has 0 heterocycles. The lowest BCUT2D eigenvalue weighted by molar-refractivity contribution is -0.119. The van der Waals surface area contributed by atoms with Gasteiger partial charge in [-0.05, 0) is 25.8 Å². The van der Waals surface area contributed by atoms with E-state index >= 15 is 0 Å². The number of carbonyl (C=O) groups is 1. The second-order valence-electron chi connectivity index (χ2n) is 3.84. The molecule has 0 spiro atoms. The summed E-state index contributed by atoms with van der Waals surface area (Å²) in [5, 5.41) is 3.26. The van der Waals surface area contributed by atoms with Crippen molar-refractivity contribution in [3.05, 3.63) is 0 Å². The van der Waals surface area contributed by atoms with E-state index in [-0.39, 0.29) is 11.4 Å². The number of carbonyl (C=O) groups excluding carboxylic acids is 1. The molecule has 12 heavy (non-hydrogen) atoms. The van der Waals surface area contributed by atoms with Crippen LogP contribution in [-0.2, 0) is 4.79 Å². The van der Waals surface area contributed by atoms with Crippen molar-refractivity contribution in [2.24, 2.45) is 11.7 Å². The van der Waals surface area contributed by atoms with Gasteiger partial charge in [0.25, 0.3) is 0 Å². The van der Waals surface area contributed by atoms with Gasteiger partial charge in [0.1, 0.15) is 0 Å². The SMILES string of the molecule is CNC1(CC(N)=O)CCCC1C. The highest BCUT2D eigenvalue weighted by Gasteiger charge is 2.39. The molecule has 1 aliphatic rings. The van der Waals surface area contributed by atoms with Crippen molar-refractivity contribution in [2.45, 2.75) is 38.1 Å². The predicted molar refractivity (Wildman–Crippen MR) is 48.6 cm³/mol. The van der Waals surface area contributed by atoms with E-state index in [1.165, 1.54) is 12.8 Å². The van der Waals surface area contributed by atoms with Gasteiger partial charge in [-0.2, -0.15) is 0 Å². The second-order valence-corrected chi connectivity index (χ2v) is 3.84. The summed E-state index contributed by atoms with van der Waals surface area (Å²) in [6, 6.07) is 0. The maximum absolute atomic E-state index is 10.8. The number of primary amides is 1. The minimum absolute atomic E-state index is 0.00810. The number of nitrogens with one attached hydrogen (secondary N) is 1. The molecule has 1 rings (SSSR count). The fourth-order valence-corrected chi connectivity index (χ4v) is 2.28. The normalized spacial score (nSPS) is 35.3. The van der Waals surface area contributed by atoms with Crippen LogP contribution in [0.25, 0.3) is 0 Å². The molecule has 1 saturated carbocycles. The van der Waals surface area contributed by atoms with Crippen LogP contribution in [0.4, 0.5) is 0 Å². The Morgan fingerprint density at radius 2 is 2.42 bits per heavy atom. The summed E-state index contributed by atoms with van der Waals surface area (Å²) in [5.41, 5.74) is 5.21. The van der Waals surface area contributed by atoms with Crippen LogP contribution in [0.15, 0.2) is 0 Å². The highest BCUT2D eigenvalue weighted by atomic mass is 16.1. The van der Waals surface area contributed by atoms with Crippen molar-refractivity contribution in [1.29, 1.82) is 0 Å². The van der Waals surface area contributed by atoms with Crippen LogP contribution in [0.1, 0.15) is 32.6 Å². The third-order valence-corrected chi connectivity index (χ3v) is 3.19. The number of hydrogen-bond donors (Lipinski definition) is 2. The average Bonchev–Trinajstić information content (AvgIpc) is 2.32. The summed E-state index contributed by atoms with van der Waals surface area (Å²) in [6.07, 6.45) is 3.96. The Kier molecular flexibility index (Phi) is 2.73. The van der Waals surface area contributed by atoms with E-state index in [9.17, 15) is 4.79 Å². The molecular weight excluding hydrogens is 152 g/mol. The molecule has 3 N–H and O–H groups in total. The van der Waals surface area contributed by atoms with Crippen molar-refractivity contribution in [3.8, 4) is 0 Å². The lowest BCUT2D eigenvalue weighted by Gasteiger charge is -2.32. The van der Waals surface area contributed by atoms with Crippen LogP contribution >= 0.6 is 0 Å². The fourth-order valence-electron chi connectivity index (χ4n) is 2.28. The average molecular weight is 170 g/mol.